The maximum absolute atomic E-state index is 12.4. The Bertz CT molecular complexity index is 764. The van der Waals surface area contributed by atoms with Gasteiger partial charge in [-0.3, -0.25) is 9.10 Å². The first kappa shape index (κ1) is 23.7. The lowest BCUT2D eigenvalue weighted by Gasteiger charge is -2.24. The number of carbonyl (C=O) groups is 1. The van der Waals surface area contributed by atoms with Gasteiger partial charge in [-0.2, -0.15) is 11.8 Å². The number of methoxy groups -OCH3 is 2. The summed E-state index contributed by atoms with van der Waals surface area (Å²) in [6, 6.07) is 4.80. The topological polar surface area (TPSA) is 84.9 Å². The molecule has 7 nitrogen and oxygen atoms in total. The standard InChI is InChI=1S/C20H32N2O5S2/c1-26-16-10-11-18(19(14-16)27-2)22(29(3,24)25)15-20(23)21-12-7-13-28-17-8-5-4-6-9-17/h10-11,14,17H,4-9,12-13,15H2,1-3H3,(H,21,23). The van der Waals surface area contributed by atoms with Crippen LogP contribution in [0.4, 0.5) is 5.69 Å². The molecule has 0 unspecified atom stereocenters. The predicted molar refractivity (Wildman–Crippen MR) is 119 cm³/mol. The van der Waals surface area contributed by atoms with Crippen molar-refractivity contribution >= 4 is 33.4 Å². The van der Waals surface area contributed by atoms with Crippen LogP contribution in [0.25, 0.3) is 0 Å². The predicted octanol–water partition coefficient (Wildman–Crippen LogP) is 3.04. The summed E-state index contributed by atoms with van der Waals surface area (Å²) in [5, 5.41) is 3.58. The minimum absolute atomic E-state index is 0.294. The molecule has 1 aromatic carbocycles. The minimum Gasteiger partial charge on any atom is -0.497 e. The number of carbonyl (C=O) groups excluding carboxylic acids is 1. The number of anilines is 1. The van der Waals surface area contributed by atoms with Gasteiger partial charge in [0.15, 0.2) is 0 Å². The Morgan fingerprint density at radius 1 is 1.21 bits per heavy atom. The van der Waals surface area contributed by atoms with Gasteiger partial charge in [0.2, 0.25) is 15.9 Å². The van der Waals surface area contributed by atoms with Crippen molar-refractivity contribution in [3.05, 3.63) is 18.2 Å². The Morgan fingerprint density at radius 2 is 1.93 bits per heavy atom. The number of nitrogens with one attached hydrogen (secondary N) is 1. The van der Waals surface area contributed by atoms with E-state index in [0.29, 0.717) is 23.7 Å². The maximum atomic E-state index is 12.4. The van der Waals surface area contributed by atoms with Crippen LogP contribution in [-0.4, -0.2) is 58.9 Å². The molecule has 29 heavy (non-hydrogen) atoms. The molecule has 1 fully saturated rings. The number of thioether (sulfide) groups is 1. The van der Waals surface area contributed by atoms with Crippen molar-refractivity contribution in [1.29, 1.82) is 0 Å². The van der Waals surface area contributed by atoms with Crippen molar-refractivity contribution in [2.24, 2.45) is 0 Å². The number of rotatable bonds is 11. The van der Waals surface area contributed by atoms with Crippen LogP contribution in [-0.2, 0) is 14.8 Å². The Hall–Kier alpha value is -1.61. The lowest BCUT2D eigenvalue weighted by atomic mass is 10.0. The van der Waals surface area contributed by atoms with Crippen molar-refractivity contribution in [3.63, 3.8) is 0 Å². The minimum atomic E-state index is -3.67. The number of ether oxygens (including phenoxy) is 2. The van der Waals surface area contributed by atoms with E-state index in [-0.39, 0.29) is 12.5 Å². The number of benzene rings is 1. The van der Waals surface area contributed by atoms with Crippen LogP contribution < -0.4 is 19.1 Å². The third-order valence-corrected chi connectivity index (χ3v) is 7.49. The first-order chi connectivity index (χ1) is 13.8. The molecule has 0 radical (unpaired) electrons. The second-order valence-corrected chi connectivity index (χ2v) is 10.5. The van der Waals surface area contributed by atoms with Crippen molar-refractivity contribution in [2.45, 2.75) is 43.8 Å². The molecule has 1 saturated carbocycles. The van der Waals surface area contributed by atoms with Crippen molar-refractivity contribution in [2.75, 3.05) is 43.6 Å². The molecule has 164 valence electrons. The summed E-state index contributed by atoms with van der Waals surface area (Å²) in [7, 11) is -0.704. The lowest BCUT2D eigenvalue weighted by molar-refractivity contribution is -0.119. The molecule has 0 aliphatic heterocycles. The van der Waals surface area contributed by atoms with Crippen molar-refractivity contribution in [3.8, 4) is 11.5 Å². The third-order valence-electron chi connectivity index (χ3n) is 4.89. The molecule has 0 aromatic heterocycles. The van der Waals surface area contributed by atoms with Crippen LogP contribution in [0.5, 0.6) is 11.5 Å². The fraction of sp³-hybridized carbons (Fsp3) is 0.650. The molecule has 0 heterocycles. The van der Waals surface area contributed by atoms with Crippen LogP contribution in [0, 0.1) is 0 Å². The average molecular weight is 445 g/mol. The quantitative estimate of drug-likeness (QED) is 0.528. The first-order valence-electron chi connectivity index (χ1n) is 9.93. The monoisotopic (exact) mass is 444 g/mol. The summed E-state index contributed by atoms with van der Waals surface area (Å²) < 4.78 is 36.1. The van der Waals surface area contributed by atoms with E-state index in [1.165, 1.54) is 46.3 Å². The Balaban J connectivity index is 1.89. The van der Waals surface area contributed by atoms with Crippen LogP contribution in [0.3, 0.4) is 0 Å². The molecular weight excluding hydrogens is 412 g/mol. The summed E-state index contributed by atoms with van der Waals surface area (Å²) in [5.74, 6) is 1.54. The second-order valence-electron chi connectivity index (χ2n) is 7.14. The van der Waals surface area contributed by atoms with Crippen LogP contribution in [0.1, 0.15) is 38.5 Å². The zero-order chi connectivity index (χ0) is 21.3. The fourth-order valence-electron chi connectivity index (χ4n) is 3.34. The van der Waals surface area contributed by atoms with Gasteiger partial charge >= 0.3 is 0 Å². The Labute approximate surface area is 178 Å². The first-order valence-corrected chi connectivity index (χ1v) is 12.8. The smallest absolute Gasteiger partial charge is 0.240 e. The number of hydrogen-bond donors (Lipinski definition) is 1. The SMILES string of the molecule is COc1ccc(N(CC(=O)NCCCSC2CCCCC2)S(C)(=O)=O)c(OC)c1. The summed E-state index contributed by atoms with van der Waals surface area (Å²) in [6.45, 7) is 0.243. The summed E-state index contributed by atoms with van der Waals surface area (Å²) in [5.41, 5.74) is 0.304. The summed E-state index contributed by atoms with van der Waals surface area (Å²) in [4.78, 5) is 12.4. The molecule has 2 rings (SSSR count). The maximum Gasteiger partial charge on any atom is 0.240 e. The van der Waals surface area contributed by atoms with Gasteiger partial charge in [-0.1, -0.05) is 19.3 Å². The molecule has 1 aliphatic carbocycles. The van der Waals surface area contributed by atoms with Crippen LogP contribution >= 0.6 is 11.8 Å². The van der Waals surface area contributed by atoms with E-state index in [1.54, 1.807) is 18.2 Å². The number of amides is 1. The van der Waals surface area contributed by atoms with Gasteiger partial charge < -0.3 is 14.8 Å². The molecule has 0 bridgehead atoms. The van der Waals surface area contributed by atoms with Gasteiger partial charge in [0.25, 0.3) is 0 Å². The lowest BCUT2D eigenvalue weighted by Crippen LogP contribution is -2.40. The fourth-order valence-corrected chi connectivity index (χ4v) is 5.51. The Morgan fingerprint density at radius 3 is 2.55 bits per heavy atom. The van der Waals surface area contributed by atoms with E-state index in [2.05, 4.69) is 5.32 Å². The zero-order valence-corrected chi connectivity index (χ0v) is 19.1. The van der Waals surface area contributed by atoms with E-state index in [4.69, 9.17) is 9.47 Å². The molecule has 1 amide bonds. The molecule has 1 N–H and O–H groups in total. The second kappa shape index (κ2) is 11.5. The van der Waals surface area contributed by atoms with Gasteiger partial charge in [0, 0.05) is 17.9 Å². The number of hydrogen-bond acceptors (Lipinski definition) is 6. The molecular formula is C20H32N2O5S2. The summed E-state index contributed by atoms with van der Waals surface area (Å²) in [6.07, 6.45) is 8.54. The molecule has 0 atom stereocenters. The highest BCUT2D eigenvalue weighted by Crippen LogP contribution is 2.33. The highest BCUT2D eigenvalue weighted by molar-refractivity contribution is 7.99. The van der Waals surface area contributed by atoms with E-state index in [9.17, 15) is 13.2 Å². The van der Waals surface area contributed by atoms with Crippen LogP contribution in [0.15, 0.2) is 18.2 Å². The van der Waals surface area contributed by atoms with E-state index in [0.717, 1.165) is 28.0 Å². The molecule has 1 aliphatic rings. The van der Waals surface area contributed by atoms with E-state index in [1.807, 2.05) is 11.8 Å². The van der Waals surface area contributed by atoms with E-state index < -0.39 is 10.0 Å². The molecule has 9 heteroatoms. The largest absolute Gasteiger partial charge is 0.497 e. The van der Waals surface area contributed by atoms with Gasteiger partial charge in [-0.05, 0) is 37.1 Å². The van der Waals surface area contributed by atoms with Crippen molar-refractivity contribution in [1.82, 2.24) is 5.32 Å². The van der Waals surface area contributed by atoms with Gasteiger partial charge in [0.1, 0.15) is 18.0 Å². The highest BCUT2D eigenvalue weighted by atomic mass is 32.2. The normalized spacial score (nSPS) is 15.0. The van der Waals surface area contributed by atoms with Gasteiger partial charge in [-0.25, -0.2) is 8.42 Å². The van der Waals surface area contributed by atoms with Crippen molar-refractivity contribution < 1.29 is 22.7 Å². The Kier molecular flexibility index (Phi) is 9.42. The molecule has 1 aromatic rings. The molecule has 0 saturated heterocycles. The number of sulfonamides is 1. The average Bonchev–Trinajstić information content (AvgIpc) is 2.71. The van der Waals surface area contributed by atoms with Crippen LogP contribution in [0.2, 0.25) is 0 Å². The zero-order valence-electron chi connectivity index (χ0n) is 17.5. The van der Waals surface area contributed by atoms with Gasteiger partial charge in [-0.15, -0.1) is 0 Å². The molecule has 0 spiro atoms. The van der Waals surface area contributed by atoms with Gasteiger partial charge in [0.05, 0.1) is 26.2 Å². The highest BCUT2D eigenvalue weighted by Gasteiger charge is 2.24. The van der Waals surface area contributed by atoms with E-state index >= 15 is 0 Å². The number of nitrogens with zero attached hydrogens (tertiary/aromatic N) is 1. The third kappa shape index (κ3) is 7.62. The summed E-state index contributed by atoms with van der Waals surface area (Å²) >= 11 is 1.99.